The summed E-state index contributed by atoms with van der Waals surface area (Å²) >= 11 is 0. The molecule has 1 atom stereocenters. The summed E-state index contributed by atoms with van der Waals surface area (Å²) in [7, 11) is 0. The standard InChI is InChI=1S/C11H24N2O/c1-5-6-10(12)11(3,4)7-8-13-9(2)14/h10H,5-8,12H2,1-4H3,(H,13,14). The molecular formula is C11H24N2O. The lowest BCUT2D eigenvalue weighted by molar-refractivity contribution is -0.119. The van der Waals surface area contributed by atoms with Crippen LogP contribution in [0.2, 0.25) is 0 Å². The van der Waals surface area contributed by atoms with Gasteiger partial charge in [-0.05, 0) is 18.3 Å². The van der Waals surface area contributed by atoms with Crippen LogP contribution in [0.15, 0.2) is 0 Å². The quantitative estimate of drug-likeness (QED) is 0.685. The summed E-state index contributed by atoms with van der Waals surface area (Å²) in [5, 5.41) is 2.80. The SMILES string of the molecule is CCCC(N)C(C)(C)CCNC(C)=O. The molecule has 84 valence electrons. The molecule has 0 aliphatic rings. The van der Waals surface area contributed by atoms with Gasteiger partial charge in [-0.25, -0.2) is 0 Å². The normalized spacial score (nSPS) is 13.8. The summed E-state index contributed by atoms with van der Waals surface area (Å²) < 4.78 is 0. The van der Waals surface area contributed by atoms with Gasteiger partial charge >= 0.3 is 0 Å². The van der Waals surface area contributed by atoms with Crippen LogP contribution < -0.4 is 11.1 Å². The van der Waals surface area contributed by atoms with Gasteiger partial charge in [-0.1, -0.05) is 27.2 Å². The van der Waals surface area contributed by atoms with Gasteiger partial charge in [0.1, 0.15) is 0 Å². The van der Waals surface area contributed by atoms with E-state index in [1.165, 1.54) is 0 Å². The summed E-state index contributed by atoms with van der Waals surface area (Å²) in [6.07, 6.45) is 3.10. The molecule has 0 fully saturated rings. The zero-order valence-corrected chi connectivity index (χ0v) is 9.89. The summed E-state index contributed by atoms with van der Waals surface area (Å²) in [5.74, 6) is 0.0323. The fraction of sp³-hybridized carbons (Fsp3) is 0.909. The molecule has 14 heavy (non-hydrogen) atoms. The monoisotopic (exact) mass is 200 g/mol. The Labute approximate surface area is 87.4 Å². The molecule has 0 aromatic carbocycles. The summed E-state index contributed by atoms with van der Waals surface area (Å²) in [6.45, 7) is 8.73. The van der Waals surface area contributed by atoms with Crippen molar-refractivity contribution in [1.82, 2.24) is 5.32 Å². The lowest BCUT2D eigenvalue weighted by Gasteiger charge is -2.31. The van der Waals surface area contributed by atoms with Gasteiger partial charge in [0.25, 0.3) is 0 Å². The Morgan fingerprint density at radius 2 is 2.07 bits per heavy atom. The van der Waals surface area contributed by atoms with Gasteiger partial charge < -0.3 is 11.1 Å². The lowest BCUT2D eigenvalue weighted by atomic mass is 9.80. The van der Waals surface area contributed by atoms with Crippen molar-refractivity contribution < 1.29 is 4.79 Å². The molecule has 0 aromatic rings. The number of hydrogen-bond donors (Lipinski definition) is 2. The van der Waals surface area contributed by atoms with Gasteiger partial charge in [-0.15, -0.1) is 0 Å². The van der Waals surface area contributed by atoms with Crippen LogP contribution in [0.5, 0.6) is 0 Å². The van der Waals surface area contributed by atoms with E-state index >= 15 is 0 Å². The molecule has 0 bridgehead atoms. The lowest BCUT2D eigenvalue weighted by Crippen LogP contribution is -2.39. The van der Waals surface area contributed by atoms with Gasteiger partial charge in [0, 0.05) is 19.5 Å². The first-order valence-electron chi connectivity index (χ1n) is 5.40. The van der Waals surface area contributed by atoms with E-state index in [2.05, 4.69) is 26.1 Å². The first-order valence-corrected chi connectivity index (χ1v) is 5.40. The van der Waals surface area contributed by atoms with E-state index in [1.54, 1.807) is 6.92 Å². The van der Waals surface area contributed by atoms with Crippen LogP contribution in [-0.2, 0) is 4.79 Å². The Hall–Kier alpha value is -0.570. The van der Waals surface area contributed by atoms with Crippen LogP contribution in [0.25, 0.3) is 0 Å². The minimum Gasteiger partial charge on any atom is -0.356 e. The van der Waals surface area contributed by atoms with Crippen molar-refractivity contribution in [3.8, 4) is 0 Å². The molecule has 1 amide bonds. The molecule has 0 spiro atoms. The molecule has 0 heterocycles. The number of carbonyl (C=O) groups is 1. The highest BCUT2D eigenvalue weighted by Crippen LogP contribution is 2.25. The van der Waals surface area contributed by atoms with Crippen molar-refractivity contribution in [3.63, 3.8) is 0 Å². The second-order valence-electron chi connectivity index (χ2n) is 4.62. The molecular weight excluding hydrogens is 176 g/mol. The highest BCUT2D eigenvalue weighted by molar-refractivity contribution is 5.72. The third-order valence-corrected chi connectivity index (χ3v) is 2.75. The van der Waals surface area contributed by atoms with E-state index in [0.29, 0.717) is 0 Å². The zero-order valence-electron chi connectivity index (χ0n) is 9.89. The van der Waals surface area contributed by atoms with Crippen LogP contribution in [0.4, 0.5) is 0 Å². The van der Waals surface area contributed by atoms with Gasteiger partial charge in [-0.3, -0.25) is 4.79 Å². The second kappa shape index (κ2) is 6.02. The zero-order chi connectivity index (χ0) is 11.2. The topological polar surface area (TPSA) is 55.1 Å². The van der Waals surface area contributed by atoms with E-state index < -0.39 is 0 Å². The third kappa shape index (κ3) is 5.22. The van der Waals surface area contributed by atoms with Gasteiger partial charge in [0.15, 0.2) is 0 Å². The Balaban J connectivity index is 3.86. The number of hydrogen-bond acceptors (Lipinski definition) is 2. The van der Waals surface area contributed by atoms with E-state index in [0.717, 1.165) is 25.8 Å². The van der Waals surface area contributed by atoms with Crippen molar-refractivity contribution in [2.75, 3.05) is 6.54 Å². The molecule has 3 N–H and O–H groups in total. The van der Waals surface area contributed by atoms with Crippen LogP contribution in [0, 0.1) is 5.41 Å². The predicted octanol–water partition coefficient (Wildman–Crippen LogP) is 1.67. The number of nitrogens with one attached hydrogen (secondary N) is 1. The van der Waals surface area contributed by atoms with E-state index in [4.69, 9.17) is 5.73 Å². The number of nitrogens with two attached hydrogens (primary N) is 1. The Bertz CT molecular complexity index is 178. The highest BCUT2D eigenvalue weighted by atomic mass is 16.1. The minimum absolute atomic E-state index is 0.0323. The van der Waals surface area contributed by atoms with Crippen molar-refractivity contribution in [1.29, 1.82) is 0 Å². The number of amides is 1. The molecule has 0 saturated heterocycles. The first kappa shape index (κ1) is 13.4. The largest absolute Gasteiger partial charge is 0.356 e. The van der Waals surface area contributed by atoms with Crippen molar-refractivity contribution in [2.24, 2.45) is 11.1 Å². The van der Waals surface area contributed by atoms with Crippen LogP contribution in [0.3, 0.4) is 0 Å². The van der Waals surface area contributed by atoms with E-state index in [9.17, 15) is 4.79 Å². The Kier molecular flexibility index (Phi) is 5.77. The molecule has 0 radical (unpaired) electrons. The fourth-order valence-corrected chi connectivity index (χ4v) is 1.45. The van der Waals surface area contributed by atoms with Crippen molar-refractivity contribution in [3.05, 3.63) is 0 Å². The molecule has 0 aliphatic heterocycles. The van der Waals surface area contributed by atoms with E-state index in [1.807, 2.05) is 0 Å². The van der Waals surface area contributed by atoms with Gasteiger partial charge in [0.2, 0.25) is 5.91 Å². The van der Waals surface area contributed by atoms with Gasteiger partial charge in [0.05, 0.1) is 0 Å². The van der Waals surface area contributed by atoms with Crippen LogP contribution in [-0.4, -0.2) is 18.5 Å². The molecule has 0 rings (SSSR count). The summed E-state index contributed by atoms with van der Waals surface area (Å²) in [6, 6.07) is 0.223. The minimum atomic E-state index is 0.0323. The number of carbonyl (C=O) groups excluding carboxylic acids is 1. The average molecular weight is 200 g/mol. The second-order valence-corrected chi connectivity index (χ2v) is 4.62. The smallest absolute Gasteiger partial charge is 0.216 e. The fourth-order valence-electron chi connectivity index (χ4n) is 1.45. The Morgan fingerprint density at radius 3 is 2.50 bits per heavy atom. The molecule has 0 aliphatic carbocycles. The van der Waals surface area contributed by atoms with Crippen molar-refractivity contribution in [2.45, 2.75) is 53.0 Å². The van der Waals surface area contributed by atoms with Crippen molar-refractivity contribution >= 4 is 5.91 Å². The summed E-state index contributed by atoms with van der Waals surface area (Å²) in [5.41, 5.74) is 6.18. The van der Waals surface area contributed by atoms with Gasteiger partial charge in [-0.2, -0.15) is 0 Å². The summed E-state index contributed by atoms with van der Waals surface area (Å²) in [4.78, 5) is 10.7. The molecule has 0 saturated carbocycles. The number of rotatable bonds is 6. The average Bonchev–Trinajstić information content (AvgIpc) is 2.03. The van der Waals surface area contributed by atoms with E-state index in [-0.39, 0.29) is 17.4 Å². The maximum Gasteiger partial charge on any atom is 0.216 e. The van der Waals surface area contributed by atoms with Crippen LogP contribution >= 0.6 is 0 Å². The molecule has 3 nitrogen and oxygen atoms in total. The third-order valence-electron chi connectivity index (χ3n) is 2.75. The predicted molar refractivity (Wildman–Crippen MR) is 60.0 cm³/mol. The maximum atomic E-state index is 10.7. The molecule has 3 heteroatoms. The highest BCUT2D eigenvalue weighted by Gasteiger charge is 2.25. The maximum absolute atomic E-state index is 10.7. The van der Waals surface area contributed by atoms with Crippen LogP contribution in [0.1, 0.15) is 47.0 Å². The molecule has 1 unspecified atom stereocenters. The molecule has 0 aromatic heterocycles. The Morgan fingerprint density at radius 1 is 1.50 bits per heavy atom. The first-order chi connectivity index (χ1) is 6.40.